The van der Waals surface area contributed by atoms with Gasteiger partial charge in [-0.3, -0.25) is 19.8 Å². The summed E-state index contributed by atoms with van der Waals surface area (Å²) in [5.74, 6) is -1.92. The number of nitrogens with two attached hydrogens (primary N) is 1. The van der Waals surface area contributed by atoms with Crippen molar-refractivity contribution >= 4 is 34.9 Å². The van der Waals surface area contributed by atoms with Gasteiger partial charge in [0.05, 0.1) is 37.2 Å². The lowest BCUT2D eigenvalue weighted by Gasteiger charge is -2.25. The molecule has 2 aliphatic heterocycles. The lowest BCUT2D eigenvalue weighted by atomic mass is 10.1. The van der Waals surface area contributed by atoms with Crippen LogP contribution in [0.2, 0.25) is 0 Å². The average Bonchev–Trinajstić information content (AvgIpc) is 3.74. The predicted molar refractivity (Wildman–Crippen MR) is 152 cm³/mol. The third-order valence-corrected chi connectivity index (χ3v) is 8.27. The van der Waals surface area contributed by atoms with Crippen molar-refractivity contribution in [2.75, 3.05) is 26.3 Å². The zero-order valence-electron chi connectivity index (χ0n) is 22.7. The number of thiophene rings is 1. The molecule has 0 saturated carbocycles. The van der Waals surface area contributed by atoms with Crippen LogP contribution in [-0.4, -0.2) is 66.6 Å². The summed E-state index contributed by atoms with van der Waals surface area (Å²) >= 11 is 1.31. The molecule has 2 atom stereocenters. The zero-order valence-corrected chi connectivity index (χ0v) is 23.5. The van der Waals surface area contributed by atoms with Gasteiger partial charge in [0, 0.05) is 16.9 Å². The zero-order chi connectivity index (χ0) is 29.9. The number of carbonyl (C=O) groups is 3. The fraction of sp³-hybridized carbons (Fsp3) is 0.310. The van der Waals surface area contributed by atoms with E-state index in [1.54, 1.807) is 36.4 Å². The lowest BCUT2D eigenvalue weighted by Crippen LogP contribution is -2.49. The Balaban J connectivity index is 1.20. The number of ether oxygens (including phenoxy) is 3. The van der Waals surface area contributed by atoms with Crippen LogP contribution >= 0.6 is 11.3 Å². The molecule has 42 heavy (non-hydrogen) atoms. The molecule has 11 nitrogen and oxygen atoms in total. The van der Waals surface area contributed by atoms with Crippen LogP contribution in [0.4, 0.5) is 4.39 Å². The second kappa shape index (κ2) is 12.3. The number of nitrogen functional groups attached to an aromatic ring is 1. The van der Waals surface area contributed by atoms with Crippen molar-refractivity contribution in [1.82, 2.24) is 15.5 Å². The molecular formula is C29H30FN5O6S. The van der Waals surface area contributed by atoms with Crippen molar-refractivity contribution in [2.24, 2.45) is 5.73 Å². The molecule has 2 aromatic carbocycles. The average molecular weight is 596 g/mol. The van der Waals surface area contributed by atoms with Crippen molar-refractivity contribution < 1.29 is 33.0 Å². The molecule has 2 saturated heterocycles. The smallest absolute Gasteiger partial charge is 0.251 e. The summed E-state index contributed by atoms with van der Waals surface area (Å²) in [7, 11) is 0. The quantitative estimate of drug-likeness (QED) is 0.219. The molecule has 1 spiro atoms. The predicted octanol–water partition coefficient (Wildman–Crippen LogP) is 2.91. The van der Waals surface area contributed by atoms with Crippen LogP contribution in [-0.2, 0) is 19.1 Å². The van der Waals surface area contributed by atoms with E-state index in [4.69, 9.17) is 25.4 Å². The van der Waals surface area contributed by atoms with Gasteiger partial charge in [-0.15, -0.1) is 11.3 Å². The number of carbonyl (C=O) groups excluding carboxylic acids is 3. The Morgan fingerprint density at radius 3 is 2.36 bits per heavy atom. The number of amides is 3. The van der Waals surface area contributed by atoms with Gasteiger partial charge in [0.25, 0.3) is 5.91 Å². The second-order valence-electron chi connectivity index (χ2n) is 9.96. The summed E-state index contributed by atoms with van der Waals surface area (Å²) in [5.41, 5.74) is 5.86. The van der Waals surface area contributed by atoms with E-state index in [2.05, 4.69) is 10.6 Å². The highest BCUT2D eigenvalue weighted by Gasteiger charge is 2.52. The molecule has 2 fully saturated rings. The fourth-order valence-electron chi connectivity index (χ4n) is 4.83. The highest BCUT2D eigenvalue weighted by molar-refractivity contribution is 7.14. The first kappa shape index (κ1) is 29.2. The van der Waals surface area contributed by atoms with Crippen LogP contribution in [0.25, 0.3) is 0 Å². The second-order valence-corrected chi connectivity index (χ2v) is 11.1. The maximum Gasteiger partial charge on any atom is 0.251 e. The van der Waals surface area contributed by atoms with Crippen molar-refractivity contribution in [3.05, 3.63) is 81.8 Å². The Hall–Kier alpha value is -4.33. The Morgan fingerprint density at radius 2 is 1.74 bits per heavy atom. The van der Waals surface area contributed by atoms with E-state index in [0.717, 1.165) is 4.88 Å². The standard InChI is InChI=1S/C29H30FN5O6S/c1-17(23-10-11-24(42-23)26(31)32)34-28(38)22-14-29(39-12-13-40-29)16-35(22)25(36)15-33-27(37)18-2-6-20(7-3-18)41-21-8-4-19(30)5-9-21/h2-11,17,22H,12-16H2,1H3,(H3,31,32)(H,33,37)(H,34,38)/t17-,22+/m1/s1. The van der Waals surface area contributed by atoms with Crippen LogP contribution in [0.3, 0.4) is 0 Å². The molecule has 0 unspecified atom stereocenters. The fourth-order valence-corrected chi connectivity index (χ4v) is 5.70. The lowest BCUT2D eigenvalue weighted by molar-refractivity contribution is -0.152. The molecule has 3 aromatic rings. The molecule has 220 valence electrons. The van der Waals surface area contributed by atoms with Gasteiger partial charge in [0.15, 0.2) is 5.79 Å². The topological polar surface area (TPSA) is 156 Å². The molecule has 13 heteroatoms. The highest BCUT2D eigenvalue weighted by atomic mass is 32.1. The maximum atomic E-state index is 13.4. The first-order valence-corrected chi connectivity index (χ1v) is 14.1. The number of hydrogen-bond donors (Lipinski definition) is 4. The molecule has 0 bridgehead atoms. The van der Waals surface area contributed by atoms with E-state index in [1.807, 2.05) is 6.92 Å². The Kier molecular flexibility index (Phi) is 8.52. The number of nitrogens with zero attached hydrogens (tertiary/aromatic N) is 1. The third-order valence-electron chi connectivity index (χ3n) is 6.97. The first-order valence-electron chi connectivity index (χ1n) is 13.3. The van der Waals surface area contributed by atoms with Crippen molar-refractivity contribution in [2.45, 2.75) is 31.2 Å². The Bertz CT molecular complexity index is 1470. The van der Waals surface area contributed by atoms with Crippen molar-refractivity contribution in [1.29, 1.82) is 5.41 Å². The first-order chi connectivity index (χ1) is 20.1. The van der Waals surface area contributed by atoms with Crippen LogP contribution in [0.15, 0.2) is 60.7 Å². The van der Waals surface area contributed by atoms with Gasteiger partial charge in [-0.2, -0.15) is 0 Å². The van der Waals surface area contributed by atoms with Crippen LogP contribution in [0.1, 0.15) is 39.5 Å². The van der Waals surface area contributed by atoms with E-state index in [0.29, 0.717) is 35.2 Å². The van der Waals surface area contributed by atoms with Crippen LogP contribution in [0.5, 0.6) is 11.5 Å². The minimum absolute atomic E-state index is 0.0499. The molecule has 0 aliphatic carbocycles. The summed E-state index contributed by atoms with van der Waals surface area (Å²) in [6.07, 6.45) is 0.157. The summed E-state index contributed by atoms with van der Waals surface area (Å²) in [4.78, 5) is 42.2. The normalized spacial score (nSPS) is 18.0. The van der Waals surface area contributed by atoms with Crippen LogP contribution < -0.4 is 21.1 Å². The molecule has 2 aliphatic rings. The molecule has 3 heterocycles. The van der Waals surface area contributed by atoms with E-state index in [9.17, 15) is 18.8 Å². The minimum Gasteiger partial charge on any atom is -0.457 e. The number of benzene rings is 2. The van der Waals surface area contributed by atoms with E-state index >= 15 is 0 Å². The molecule has 5 N–H and O–H groups in total. The summed E-state index contributed by atoms with van der Waals surface area (Å²) in [6, 6.07) is 14.1. The van der Waals surface area contributed by atoms with Crippen LogP contribution in [0, 0.1) is 11.2 Å². The highest BCUT2D eigenvalue weighted by Crippen LogP contribution is 2.35. The number of likely N-dealkylation sites (tertiary alicyclic amines) is 1. The third kappa shape index (κ3) is 6.59. The number of amidine groups is 1. The number of rotatable bonds is 9. The van der Waals surface area contributed by atoms with Gasteiger partial charge in [0.1, 0.15) is 29.2 Å². The van der Waals surface area contributed by atoms with Crippen molar-refractivity contribution in [3.63, 3.8) is 0 Å². The number of halogens is 1. The van der Waals surface area contributed by atoms with Crippen molar-refractivity contribution in [3.8, 4) is 11.5 Å². The largest absolute Gasteiger partial charge is 0.457 e. The van der Waals surface area contributed by atoms with E-state index < -0.39 is 23.6 Å². The maximum absolute atomic E-state index is 13.4. The Labute approximate surface area is 245 Å². The molecule has 1 aromatic heterocycles. The summed E-state index contributed by atoms with van der Waals surface area (Å²) in [6.45, 7) is 2.23. The monoisotopic (exact) mass is 595 g/mol. The van der Waals surface area contributed by atoms with Gasteiger partial charge in [0.2, 0.25) is 11.8 Å². The summed E-state index contributed by atoms with van der Waals surface area (Å²) < 4.78 is 30.3. The van der Waals surface area contributed by atoms with Gasteiger partial charge in [-0.1, -0.05) is 0 Å². The van der Waals surface area contributed by atoms with Gasteiger partial charge >= 0.3 is 0 Å². The van der Waals surface area contributed by atoms with Gasteiger partial charge < -0.3 is 35.5 Å². The SMILES string of the molecule is C[C@@H](NC(=O)[C@@H]1CC2(CN1C(=O)CNC(=O)c1ccc(Oc3ccc(F)cc3)cc1)OCCO2)c1ccc(C(=N)N)s1. The number of hydrogen-bond acceptors (Lipinski definition) is 8. The Morgan fingerprint density at radius 1 is 1.10 bits per heavy atom. The molecule has 5 rings (SSSR count). The minimum atomic E-state index is -1.07. The van der Waals surface area contributed by atoms with Gasteiger partial charge in [-0.25, -0.2) is 4.39 Å². The van der Waals surface area contributed by atoms with Gasteiger partial charge in [-0.05, 0) is 67.6 Å². The molecule has 3 amide bonds. The molecule has 0 radical (unpaired) electrons. The van der Waals surface area contributed by atoms with E-state index in [-0.39, 0.29) is 43.1 Å². The summed E-state index contributed by atoms with van der Waals surface area (Å²) in [5, 5.41) is 13.1. The van der Waals surface area contributed by atoms with E-state index in [1.165, 1.54) is 40.5 Å². The molecular weight excluding hydrogens is 565 g/mol. The number of nitrogens with one attached hydrogen (secondary N) is 3.